The highest BCUT2D eigenvalue weighted by Crippen LogP contribution is 2.27. The number of hydrogen-bond acceptors (Lipinski definition) is 5. The molecule has 0 saturated carbocycles. The maximum atomic E-state index is 11.2. The molecule has 1 N–H and O–H groups in total. The summed E-state index contributed by atoms with van der Waals surface area (Å²) in [6.07, 6.45) is 1.67. The Morgan fingerprint density at radius 1 is 1.44 bits per heavy atom. The number of thiazole rings is 1. The van der Waals surface area contributed by atoms with E-state index in [2.05, 4.69) is 9.97 Å². The number of carbonyl (C=O) groups is 1. The summed E-state index contributed by atoms with van der Waals surface area (Å²) in [7, 11) is 3.79. The van der Waals surface area contributed by atoms with Crippen LogP contribution >= 0.6 is 11.3 Å². The van der Waals surface area contributed by atoms with Crippen molar-refractivity contribution in [3.05, 3.63) is 35.0 Å². The number of rotatable bonds is 4. The van der Waals surface area contributed by atoms with Crippen LogP contribution in [0.4, 0.5) is 0 Å². The molecular formula is C12H13N3O2S. The molecule has 0 bridgehead atoms. The average Bonchev–Trinajstić information content (AvgIpc) is 2.73. The van der Waals surface area contributed by atoms with Gasteiger partial charge in [-0.05, 0) is 26.2 Å². The van der Waals surface area contributed by atoms with Gasteiger partial charge in [-0.2, -0.15) is 0 Å². The SMILES string of the molecule is CN(C)Cc1sc(-c2ccccn2)nc1C(=O)O. The van der Waals surface area contributed by atoms with Gasteiger partial charge in [0, 0.05) is 12.7 Å². The van der Waals surface area contributed by atoms with Crippen molar-refractivity contribution in [2.75, 3.05) is 14.1 Å². The quantitative estimate of drug-likeness (QED) is 0.913. The molecule has 0 aliphatic carbocycles. The van der Waals surface area contributed by atoms with Gasteiger partial charge in [0.1, 0.15) is 5.01 Å². The first-order valence-electron chi connectivity index (χ1n) is 5.37. The van der Waals surface area contributed by atoms with E-state index in [1.807, 2.05) is 37.2 Å². The summed E-state index contributed by atoms with van der Waals surface area (Å²) in [5.74, 6) is -0.995. The summed E-state index contributed by atoms with van der Waals surface area (Å²) in [5.41, 5.74) is 0.823. The van der Waals surface area contributed by atoms with Crippen molar-refractivity contribution in [2.45, 2.75) is 6.54 Å². The van der Waals surface area contributed by atoms with Gasteiger partial charge in [0.25, 0.3) is 0 Å². The lowest BCUT2D eigenvalue weighted by Gasteiger charge is -2.06. The Balaban J connectivity index is 2.42. The van der Waals surface area contributed by atoms with Gasteiger partial charge < -0.3 is 10.0 Å². The van der Waals surface area contributed by atoms with E-state index >= 15 is 0 Å². The lowest BCUT2D eigenvalue weighted by Crippen LogP contribution is -2.12. The van der Waals surface area contributed by atoms with Crippen LogP contribution in [0.25, 0.3) is 10.7 Å². The molecule has 5 nitrogen and oxygen atoms in total. The molecule has 0 radical (unpaired) electrons. The van der Waals surface area contributed by atoms with Crippen LogP contribution in [0.2, 0.25) is 0 Å². The fourth-order valence-electron chi connectivity index (χ4n) is 1.51. The van der Waals surface area contributed by atoms with Crippen LogP contribution in [0.3, 0.4) is 0 Å². The van der Waals surface area contributed by atoms with Crippen molar-refractivity contribution in [3.63, 3.8) is 0 Å². The van der Waals surface area contributed by atoms with Crippen molar-refractivity contribution in [1.82, 2.24) is 14.9 Å². The van der Waals surface area contributed by atoms with Crippen LogP contribution in [0.1, 0.15) is 15.4 Å². The standard InChI is InChI=1S/C12H13N3O2S/c1-15(2)7-9-10(12(16)17)14-11(18-9)8-5-3-4-6-13-8/h3-6H,7H2,1-2H3,(H,16,17). The molecular weight excluding hydrogens is 250 g/mol. The number of hydrogen-bond donors (Lipinski definition) is 1. The number of aromatic carboxylic acids is 1. The van der Waals surface area contributed by atoms with E-state index in [4.69, 9.17) is 5.11 Å². The first kappa shape index (κ1) is 12.7. The van der Waals surface area contributed by atoms with E-state index in [-0.39, 0.29) is 5.69 Å². The fourth-order valence-corrected chi connectivity index (χ4v) is 2.66. The molecule has 2 aromatic rings. The van der Waals surface area contributed by atoms with Crippen molar-refractivity contribution in [1.29, 1.82) is 0 Å². The molecule has 2 heterocycles. The molecule has 0 aliphatic rings. The van der Waals surface area contributed by atoms with Crippen molar-refractivity contribution >= 4 is 17.3 Å². The number of pyridine rings is 1. The lowest BCUT2D eigenvalue weighted by atomic mass is 10.3. The van der Waals surface area contributed by atoms with Gasteiger partial charge in [0.15, 0.2) is 5.69 Å². The second kappa shape index (κ2) is 5.24. The van der Waals surface area contributed by atoms with E-state index in [0.29, 0.717) is 17.2 Å². The third kappa shape index (κ3) is 2.72. The Morgan fingerprint density at radius 2 is 2.22 bits per heavy atom. The highest BCUT2D eigenvalue weighted by molar-refractivity contribution is 7.15. The number of carboxylic acids is 1. The van der Waals surface area contributed by atoms with Gasteiger partial charge in [-0.1, -0.05) is 6.07 Å². The highest BCUT2D eigenvalue weighted by atomic mass is 32.1. The summed E-state index contributed by atoms with van der Waals surface area (Å²) in [6.45, 7) is 0.562. The fraction of sp³-hybridized carbons (Fsp3) is 0.250. The molecule has 0 amide bonds. The Bertz CT molecular complexity index is 552. The first-order valence-corrected chi connectivity index (χ1v) is 6.18. The predicted molar refractivity (Wildman–Crippen MR) is 69.7 cm³/mol. The molecule has 2 aromatic heterocycles. The first-order chi connectivity index (χ1) is 8.58. The lowest BCUT2D eigenvalue weighted by molar-refractivity contribution is 0.0689. The van der Waals surface area contributed by atoms with Gasteiger partial charge in [-0.25, -0.2) is 9.78 Å². The van der Waals surface area contributed by atoms with Gasteiger partial charge in [0.2, 0.25) is 0 Å². The van der Waals surface area contributed by atoms with Crippen LogP contribution in [-0.4, -0.2) is 40.0 Å². The maximum Gasteiger partial charge on any atom is 0.355 e. The summed E-state index contributed by atoms with van der Waals surface area (Å²) >= 11 is 1.37. The normalized spacial score (nSPS) is 10.8. The summed E-state index contributed by atoms with van der Waals surface area (Å²) < 4.78 is 0. The smallest absolute Gasteiger partial charge is 0.355 e. The zero-order valence-electron chi connectivity index (χ0n) is 10.1. The van der Waals surface area contributed by atoms with Crippen molar-refractivity contribution in [2.24, 2.45) is 0 Å². The molecule has 0 spiro atoms. The van der Waals surface area contributed by atoms with E-state index in [0.717, 1.165) is 4.88 Å². The topological polar surface area (TPSA) is 66.3 Å². The zero-order chi connectivity index (χ0) is 13.1. The molecule has 2 rings (SSSR count). The van der Waals surface area contributed by atoms with Crippen molar-refractivity contribution in [3.8, 4) is 10.7 Å². The molecule has 0 saturated heterocycles. The third-order valence-corrected chi connectivity index (χ3v) is 3.31. The number of nitrogens with zero attached hydrogens (tertiary/aromatic N) is 3. The minimum Gasteiger partial charge on any atom is -0.476 e. The van der Waals surface area contributed by atoms with Crippen LogP contribution in [0.15, 0.2) is 24.4 Å². The van der Waals surface area contributed by atoms with E-state index in [1.54, 1.807) is 6.20 Å². The zero-order valence-corrected chi connectivity index (χ0v) is 10.9. The van der Waals surface area contributed by atoms with Gasteiger partial charge in [-0.15, -0.1) is 11.3 Å². The second-order valence-corrected chi connectivity index (χ2v) is 5.13. The Kier molecular flexibility index (Phi) is 3.69. The maximum absolute atomic E-state index is 11.2. The van der Waals surface area contributed by atoms with Crippen LogP contribution in [-0.2, 0) is 6.54 Å². The minimum atomic E-state index is -0.995. The second-order valence-electron chi connectivity index (χ2n) is 4.05. The van der Waals surface area contributed by atoms with E-state index in [9.17, 15) is 4.79 Å². The van der Waals surface area contributed by atoms with Crippen LogP contribution < -0.4 is 0 Å². The van der Waals surface area contributed by atoms with Crippen molar-refractivity contribution < 1.29 is 9.90 Å². The molecule has 94 valence electrons. The molecule has 18 heavy (non-hydrogen) atoms. The van der Waals surface area contributed by atoms with Gasteiger partial charge in [-0.3, -0.25) is 4.98 Å². The molecule has 0 aromatic carbocycles. The Hall–Kier alpha value is -1.79. The molecule has 0 fully saturated rings. The molecule has 0 unspecified atom stereocenters. The predicted octanol–water partition coefficient (Wildman–Crippen LogP) is 1.96. The Morgan fingerprint density at radius 3 is 2.78 bits per heavy atom. The average molecular weight is 263 g/mol. The number of aromatic nitrogens is 2. The minimum absolute atomic E-state index is 0.120. The molecule has 0 aliphatic heterocycles. The number of carboxylic acid groups (broad SMARTS) is 1. The van der Waals surface area contributed by atoms with E-state index in [1.165, 1.54) is 11.3 Å². The largest absolute Gasteiger partial charge is 0.476 e. The third-order valence-electron chi connectivity index (χ3n) is 2.24. The van der Waals surface area contributed by atoms with Gasteiger partial charge in [0.05, 0.1) is 10.6 Å². The molecule has 0 atom stereocenters. The summed E-state index contributed by atoms with van der Waals surface area (Å²) in [5, 5.41) is 9.79. The molecule has 6 heteroatoms. The summed E-state index contributed by atoms with van der Waals surface area (Å²) in [6, 6.07) is 5.50. The van der Waals surface area contributed by atoms with E-state index < -0.39 is 5.97 Å². The van der Waals surface area contributed by atoms with Gasteiger partial charge >= 0.3 is 5.97 Å². The Labute approximate surface area is 109 Å². The van der Waals surface area contributed by atoms with Crippen LogP contribution in [0, 0.1) is 0 Å². The summed E-state index contributed by atoms with van der Waals surface area (Å²) in [4.78, 5) is 22.2. The van der Waals surface area contributed by atoms with Crippen LogP contribution in [0.5, 0.6) is 0 Å². The highest BCUT2D eigenvalue weighted by Gasteiger charge is 2.18. The monoisotopic (exact) mass is 263 g/mol.